The number of piperazine rings is 1. The summed E-state index contributed by atoms with van der Waals surface area (Å²) in [6.45, 7) is 4.02. The SMILES string of the molecule is Cc1nnc(SCC(=O)N2CC(=O)N(c3ccccc3Cl)CC2C)o1. The molecule has 0 aliphatic carbocycles. The summed E-state index contributed by atoms with van der Waals surface area (Å²) >= 11 is 7.36. The second-order valence-corrected chi connectivity index (χ2v) is 7.04. The third kappa shape index (κ3) is 3.96. The minimum absolute atomic E-state index is 0.0225. The zero-order valence-electron chi connectivity index (χ0n) is 13.8. The molecule has 0 saturated carbocycles. The molecular formula is C16H17ClN4O3S. The number of carbonyl (C=O) groups is 2. The van der Waals surface area contributed by atoms with Crippen LogP contribution in [0.3, 0.4) is 0 Å². The van der Waals surface area contributed by atoms with E-state index in [0.29, 0.717) is 28.4 Å². The molecule has 1 aliphatic heterocycles. The highest BCUT2D eigenvalue weighted by atomic mass is 35.5. The molecule has 132 valence electrons. The maximum absolute atomic E-state index is 12.5. The lowest BCUT2D eigenvalue weighted by molar-refractivity contribution is -0.137. The van der Waals surface area contributed by atoms with Gasteiger partial charge in [-0.05, 0) is 19.1 Å². The van der Waals surface area contributed by atoms with Gasteiger partial charge in [0.05, 0.1) is 16.5 Å². The first-order valence-corrected chi connectivity index (χ1v) is 9.09. The van der Waals surface area contributed by atoms with E-state index in [1.807, 2.05) is 19.1 Å². The number of anilines is 1. The van der Waals surface area contributed by atoms with Crippen LogP contribution in [-0.4, -0.2) is 51.8 Å². The van der Waals surface area contributed by atoms with E-state index in [9.17, 15) is 9.59 Å². The van der Waals surface area contributed by atoms with Gasteiger partial charge in [0.2, 0.25) is 17.7 Å². The van der Waals surface area contributed by atoms with Crippen molar-refractivity contribution >= 4 is 40.9 Å². The van der Waals surface area contributed by atoms with Crippen molar-refractivity contribution in [1.29, 1.82) is 0 Å². The molecule has 1 aliphatic rings. The summed E-state index contributed by atoms with van der Waals surface area (Å²) in [5.74, 6) is 0.302. The molecule has 1 saturated heterocycles. The molecule has 1 aromatic carbocycles. The molecule has 9 heteroatoms. The third-order valence-corrected chi connectivity index (χ3v) is 5.00. The van der Waals surface area contributed by atoms with Crippen LogP contribution in [0, 0.1) is 6.92 Å². The van der Waals surface area contributed by atoms with Gasteiger partial charge in [-0.3, -0.25) is 9.59 Å². The monoisotopic (exact) mass is 380 g/mol. The van der Waals surface area contributed by atoms with E-state index in [4.69, 9.17) is 16.0 Å². The first kappa shape index (κ1) is 17.8. The van der Waals surface area contributed by atoms with Crippen LogP contribution in [0.5, 0.6) is 0 Å². The fraction of sp³-hybridized carbons (Fsp3) is 0.375. The molecule has 0 N–H and O–H groups in total. The topological polar surface area (TPSA) is 79.5 Å². The van der Waals surface area contributed by atoms with E-state index < -0.39 is 0 Å². The van der Waals surface area contributed by atoms with E-state index in [1.165, 1.54) is 11.8 Å². The van der Waals surface area contributed by atoms with Crippen LogP contribution in [0.15, 0.2) is 33.9 Å². The molecule has 25 heavy (non-hydrogen) atoms. The van der Waals surface area contributed by atoms with Gasteiger partial charge in [0.1, 0.15) is 6.54 Å². The van der Waals surface area contributed by atoms with E-state index in [1.54, 1.807) is 28.9 Å². The Balaban J connectivity index is 1.64. The molecule has 2 amide bonds. The zero-order valence-corrected chi connectivity index (χ0v) is 15.4. The first-order valence-electron chi connectivity index (χ1n) is 7.73. The maximum atomic E-state index is 12.5. The summed E-state index contributed by atoms with van der Waals surface area (Å²) < 4.78 is 5.24. The van der Waals surface area contributed by atoms with Gasteiger partial charge in [-0.15, -0.1) is 10.2 Å². The molecule has 0 radical (unpaired) electrons. The lowest BCUT2D eigenvalue weighted by atomic mass is 10.1. The van der Waals surface area contributed by atoms with Crippen molar-refractivity contribution in [3.63, 3.8) is 0 Å². The number of nitrogens with zero attached hydrogens (tertiary/aromatic N) is 4. The molecular weight excluding hydrogens is 364 g/mol. The molecule has 1 fully saturated rings. The van der Waals surface area contributed by atoms with Crippen LogP contribution in [0.25, 0.3) is 0 Å². The Bertz CT molecular complexity index is 797. The van der Waals surface area contributed by atoms with Gasteiger partial charge < -0.3 is 14.2 Å². The summed E-state index contributed by atoms with van der Waals surface area (Å²) in [7, 11) is 0. The van der Waals surface area contributed by atoms with Crippen LogP contribution >= 0.6 is 23.4 Å². The van der Waals surface area contributed by atoms with Crippen LogP contribution in [0.1, 0.15) is 12.8 Å². The number of aryl methyl sites for hydroxylation is 1. The van der Waals surface area contributed by atoms with E-state index in [0.717, 1.165) is 0 Å². The van der Waals surface area contributed by atoms with Crippen molar-refractivity contribution in [2.75, 3.05) is 23.7 Å². The molecule has 0 spiro atoms. The Hall–Kier alpha value is -2.06. The fourth-order valence-corrected chi connectivity index (χ4v) is 3.56. The predicted octanol–water partition coefficient (Wildman–Crippen LogP) is 2.39. The van der Waals surface area contributed by atoms with Crippen LogP contribution in [-0.2, 0) is 9.59 Å². The first-order chi connectivity index (χ1) is 12.0. The van der Waals surface area contributed by atoms with Gasteiger partial charge in [-0.1, -0.05) is 35.5 Å². The number of hydrogen-bond acceptors (Lipinski definition) is 6. The second-order valence-electron chi connectivity index (χ2n) is 5.70. The third-order valence-electron chi connectivity index (χ3n) is 3.88. The number of aromatic nitrogens is 2. The summed E-state index contributed by atoms with van der Waals surface area (Å²) in [5.41, 5.74) is 0.670. The normalized spacial score (nSPS) is 17.9. The van der Waals surface area contributed by atoms with Crippen molar-refractivity contribution in [2.24, 2.45) is 0 Å². The average molecular weight is 381 g/mol. The number of benzene rings is 1. The summed E-state index contributed by atoms with van der Waals surface area (Å²) in [5, 5.41) is 8.43. The van der Waals surface area contributed by atoms with Crippen molar-refractivity contribution in [1.82, 2.24) is 15.1 Å². The second kappa shape index (κ2) is 7.45. The molecule has 0 bridgehead atoms. The van der Waals surface area contributed by atoms with Gasteiger partial charge in [0.15, 0.2) is 0 Å². The van der Waals surface area contributed by atoms with E-state index in [2.05, 4.69) is 10.2 Å². The van der Waals surface area contributed by atoms with Gasteiger partial charge in [-0.25, -0.2) is 0 Å². The lowest BCUT2D eigenvalue weighted by Crippen LogP contribution is -2.57. The molecule has 7 nitrogen and oxygen atoms in total. The Kier molecular flexibility index (Phi) is 5.29. The summed E-state index contributed by atoms with van der Waals surface area (Å²) in [6, 6.07) is 7.08. The number of carbonyl (C=O) groups excluding carboxylic acids is 2. The zero-order chi connectivity index (χ0) is 18.0. The summed E-state index contributed by atoms with van der Waals surface area (Å²) in [4.78, 5) is 28.2. The minimum atomic E-state index is -0.154. The highest BCUT2D eigenvalue weighted by Crippen LogP contribution is 2.28. The average Bonchev–Trinajstić information content (AvgIpc) is 3.00. The number of hydrogen-bond donors (Lipinski definition) is 0. The van der Waals surface area contributed by atoms with Gasteiger partial charge in [-0.2, -0.15) is 0 Å². The number of amides is 2. The summed E-state index contributed by atoms with van der Waals surface area (Å²) in [6.07, 6.45) is 0. The van der Waals surface area contributed by atoms with E-state index >= 15 is 0 Å². The Labute approximate surface area is 154 Å². The van der Waals surface area contributed by atoms with Crippen molar-refractivity contribution < 1.29 is 14.0 Å². The van der Waals surface area contributed by atoms with Crippen molar-refractivity contribution in [2.45, 2.75) is 25.1 Å². The molecule has 2 heterocycles. The number of rotatable bonds is 4. The smallest absolute Gasteiger partial charge is 0.277 e. The van der Waals surface area contributed by atoms with Gasteiger partial charge in [0, 0.05) is 19.5 Å². The van der Waals surface area contributed by atoms with Gasteiger partial charge in [0.25, 0.3) is 5.22 Å². The van der Waals surface area contributed by atoms with Gasteiger partial charge >= 0.3 is 0 Å². The quantitative estimate of drug-likeness (QED) is 0.758. The highest BCUT2D eigenvalue weighted by molar-refractivity contribution is 7.99. The lowest BCUT2D eigenvalue weighted by Gasteiger charge is -2.39. The molecule has 1 atom stereocenters. The minimum Gasteiger partial charge on any atom is -0.416 e. The van der Waals surface area contributed by atoms with Crippen LogP contribution in [0.2, 0.25) is 5.02 Å². The maximum Gasteiger partial charge on any atom is 0.277 e. The Morgan fingerprint density at radius 3 is 2.84 bits per heavy atom. The highest BCUT2D eigenvalue weighted by Gasteiger charge is 2.33. The number of para-hydroxylation sites is 1. The van der Waals surface area contributed by atoms with Crippen molar-refractivity contribution in [3.05, 3.63) is 35.2 Å². The standard InChI is InChI=1S/C16H17ClN4O3S/c1-10-7-21(13-6-4-3-5-12(13)17)14(22)8-20(10)15(23)9-25-16-19-18-11(2)24-16/h3-6,10H,7-9H2,1-2H3. The molecule has 2 aromatic rings. The van der Waals surface area contributed by atoms with Crippen LogP contribution in [0.4, 0.5) is 5.69 Å². The molecule has 1 unspecified atom stereocenters. The number of halogens is 1. The largest absolute Gasteiger partial charge is 0.416 e. The Morgan fingerprint density at radius 1 is 1.40 bits per heavy atom. The fourth-order valence-electron chi connectivity index (χ4n) is 2.63. The molecule has 3 rings (SSSR count). The van der Waals surface area contributed by atoms with Crippen molar-refractivity contribution in [3.8, 4) is 0 Å². The molecule has 1 aromatic heterocycles. The van der Waals surface area contributed by atoms with Crippen LogP contribution < -0.4 is 4.90 Å². The number of thioether (sulfide) groups is 1. The Morgan fingerprint density at radius 2 is 2.16 bits per heavy atom. The predicted molar refractivity (Wildman–Crippen MR) is 94.7 cm³/mol. The van der Waals surface area contributed by atoms with E-state index in [-0.39, 0.29) is 30.2 Å².